The van der Waals surface area contributed by atoms with Gasteiger partial charge in [0, 0.05) is 49.4 Å². The number of rotatable bonds is 4. The highest BCUT2D eigenvalue weighted by Crippen LogP contribution is 2.39. The van der Waals surface area contributed by atoms with Crippen molar-refractivity contribution in [2.45, 2.75) is 0 Å². The van der Waals surface area contributed by atoms with Gasteiger partial charge in [-0.3, -0.25) is 0 Å². The van der Waals surface area contributed by atoms with E-state index in [9.17, 15) is 0 Å². The maximum atomic E-state index is 5.37. The number of hydrogen-bond donors (Lipinski definition) is 0. The van der Waals surface area contributed by atoms with Crippen molar-refractivity contribution in [3.8, 4) is 34.0 Å². The van der Waals surface area contributed by atoms with Crippen LogP contribution in [0, 0.1) is 0 Å². The minimum absolute atomic E-state index is 0.702. The van der Waals surface area contributed by atoms with Crippen LogP contribution in [-0.2, 0) is 0 Å². The molecule has 12 aromatic rings. The minimum atomic E-state index is 0.702. The summed E-state index contributed by atoms with van der Waals surface area (Å²) >= 11 is 0. The third-order valence-electron chi connectivity index (χ3n) is 11.4. The van der Waals surface area contributed by atoms with Gasteiger partial charge in [0.15, 0.2) is 5.82 Å². The van der Waals surface area contributed by atoms with Crippen molar-refractivity contribution in [2.75, 3.05) is 0 Å². The predicted octanol–water partition coefficient (Wildman–Crippen LogP) is 13.5. The zero-order valence-electron chi connectivity index (χ0n) is 30.3. The van der Waals surface area contributed by atoms with Crippen LogP contribution >= 0.6 is 0 Å². The number of hydrogen-bond acceptors (Lipinski definition) is 2. The van der Waals surface area contributed by atoms with Crippen LogP contribution in [0.4, 0.5) is 0 Å². The highest BCUT2D eigenvalue weighted by molar-refractivity contribution is 6.15. The summed E-state index contributed by atoms with van der Waals surface area (Å²) in [7, 11) is 0. The van der Waals surface area contributed by atoms with Gasteiger partial charge < -0.3 is 9.13 Å². The summed E-state index contributed by atoms with van der Waals surface area (Å²) in [5.74, 6) is 0.702. The van der Waals surface area contributed by atoms with Gasteiger partial charge in [-0.25, -0.2) is 9.97 Å². The topological polar surface area (TPSA) is 35.6 Å². The Morgan fingerprint density at radius 2 is 0.875 bits per heavy atom. The van der Waals surface area contributed by atoms with Gasteiger partial charge >= 0.3 is 0 Å². The Labute approximate surface area is 322 Å². The van der Waals surface area contributed by atoms with Crippen LogP contribution in [0.3, 0.4) is 0 Å². The highest BCUT2D eigenvalue weighted by atomic mass is 15.0. The fourth-order valence-corrected chi connectivity index (χ4v) is 8.86. The second-order valence-electron chi connectivity index (χ2n) is 14.7. The summed E-state index contributed by atoms with van der Waals surface area (Å²) in [6.07, 6.45) is 0. The zero-order chi connectivity index (χ0) is 36.7. The predicted molar refractivity (Wildman–Crippen MR) is 234 cm³/mol. The molecule has 0 spiro atoms. The smallest absolute Gasteiger partial charge is 0.160 e. The van der Waals surface area contributed by atoms with Gasteiger partial charge in [0.1, 0.15) is 0 Å². The minimum Gasteiger partial charge on any atom is -0.309 e. The molecule has 0 unspecified atom stereocenters. The van der Waals surface area contributed by atoms with Crippen molar-refractivity contribution >= 4 is 76.1 Å². The molecule has 0 saturated heterocycles. The molecule has 12 rings (SSSR count). The van der Waals surface area contributed by atoms with Crippen LogP contribution in [0.5, 0.6) is 0 Å². The van der Waals surface area contributed by atoms with Crippen molar-refractivity contribution in [1.29, 1.82) is 0 Å². The van der Waals surface area contributed by atoms with E-state index < -0.39 is 0 Å². The lowest BCUT2D eigenvalue weighted by Crippen LogP contribution is -1.98. The molecular weight excluding hydrogens is 681 g/mol. The summed E-state index contributed by atoms with van der Waals surface area (Å²) < 4.78 is 4.75. The lowest BCUT2D eigenvalue weighted by Gasteiger charge is -2.13. The van der Waals surface area contributed by atoms with E-state index in [4.69, 9.17) is 9.97 Å². The molecule has 9 aromatic carbocycles. The van der Waals surface area contributed by atoms with Crippen molar-refractivity contribution in [3.63, 3.8) is 0 Å². The first-order valence-corrected chi connectivity index (χ1v) is 19.1. The summed E-state index contributed by atoms with van der Waals surface area (Å²) in [6, 6.07) is 69.7. The molecule has 0 saturated carbocycles. The largest absolute Gasteiger partial charge is 0.309 e. The molecule has 0 fully saturated rings. The lowest BCUT2D eigenvalue weighted by atomic mass is 10.00. The molecular formula is C52H32N4. The number of para-hydroxylation sites is 4. The van der Waals surface area contributed by atoms with E-state index in [2.05, 4.69) is 203 Å². The molecule has 0 radical (unpaired) electrons. The number of nitrogens with zero attached hydrogens (tertiary/aromatic N) is 4. The first-order valence-electron chi connectivity index (χ1n) is 19.1. The van der Waals surface area contributed by atoms with Crippen LogP contribution in [-0.4, -0.2) is 19.1 Å². The lowest BCUT2D eigenvalue weighted by molar-refractivity contribution is 1.17. The average Bonchev–Trinajstić information content (AvgIpc) is 3.76. The summed E-state index contributed by atoms with van der Waals surface area (Å²) in [4.78, 5) is 10.5. The van der Waals surface area contributed by atoms with Gasteiger partial charge in [-0.05, 0) is 94.3 Å². The first-order chi connectivity index (χ1) is 27.7. The molecule has 3 heterocycles. The molecule has 0 N–H and O–H groups in total. The van der Waals surface area contributed by atoms with E-state index in [1.165, 1.54) is 65.2 Å². The van der Waals surface area contributed by atoms with Gasteiger partial charge in [-0.15, -0.1) is 0 Å². The third kappa shape index (κ3) is 4.66. The zero-order valence-corrected chi connectivity index (χ0v) is 30.3. The molecule has 4 nitrogen and oxygen atoms in total. The summed E-state index contributed by atoms with van der Waals surface area (Å²) in [5.41, 5.74) is 10.9. The van der Waals surface area contributed by atoms with Crippen LogP contribution in [0.25, 0.3) is 110 Å². The van der Waals surface area contributed by atoms with E-state index in [1.807, 2.05) is 0 Å². The maximum absolute atomic E-state index is 5.37. The Balaban J connectivity index is 1.03. The van der Waals surface area contributed by atoms with Gasteiger partial charge in [0.05, 0.1) is 33.3 Å². The second-order valence-corrected chi connectivity index (χ2v) is 14.7. The van der Waals surface area contributed by atoms with Crippen LogP contribution in [0.15, 0.2) is 194 Å². The van der Waals surface area contributed by atoms with Gasteiger partial charge in [-0.2, -0.15) is 0 Å². The number of benzene rings is 9. The molecule has 3 aromatic heterocycles. The van der Waals surface area contributed by atoms with Gasteiger partial charge in [-0.1, -0.05) is 121 Å². The molecule has 0 aliphatic rings. The Bertz CT molecular complexity index is 3540. The van der Waals surface area contributed by atoms with E-state index >= 15 is 0 Å². The van der Waals surface area contributed by atoms with Crippen molar-refractivity contribution in [2.24, 2.45) is 0 Å². The Morgan fingerprint density at radius 3 is 1.62 bits per heavy atom. The summed E-state index contributed by atoms with van der Waals surface area (Å²) in [5, 5.41) is 10.8. The third-order valence-corrected chi connectivity index (χ3v) is 11.4. The van der Waals surface area contributed by atoms with Gasteiger partial charge in [0.25, 0.3) is 0 Å². The Hall–Kier alpha value is -7.56. The molecule has 0 amide bonds. The molecule has 0 aliphatic carbocycles. The van der Waals surface area contributed by atoms with Crippen molar-refractivity contribution in [1.82, 2.24) is 19.1 Å². The molecule has 260 valence electrons. The Morgan fingerprint density at radius 1 is 0.304 bits per heavy atom. The first kappa shape index (κ1) is 30.9. The van der Waals surface area contributed by atoms with Crippen molar-refractivity contribution < 1.29 is 0 Å². The summed E-state index contributed by atoms with van der Waals surface area (Å²) in [6.45, 7) is 0. The van der Waals surface area contributed by atoms with E-state index in [0.29, 0.717) is 5.82 Å². The SMILES string of the molecule is c1ccc(-n2c3ccccc3c3cc4cc(-c5nc(-c6cccc(-n7c8ccccc8c8cc9ccccc9cc87)c6)nc6ccccc56)ccc4cc32)cc1. The van der Waals surface area contributed by atoms with E-state index in [0.717, 1.165) is 39.1 Å². The molecule has 0 atom stereocenters. The fraction of sp³-hybridized carbons (Fsp3) is 0. The average molecular weight is 713 g/mol. The van der Waals surface area contributed by atoms with E-state index in [1.54, 1.807) is 0 Å². The van der Waals surface area contributed by atoms with E-state index in [-0.39, 0.29) is 0 Å². The van der Waals surface area contributed by atoms with Crippen molar-refractivity contribution in [3.05, 3.63) is 194 Å². The second kappa shape index (κ2) is 12.0. The monoisotopic (exact) mass is 712 g/mol. The highest BCUT2D eigenvalue weighted by Gasteiger charge is 2.18. The Kier molecular flexibility index (Phi) is 6.60. The quantitative estimate of drug-likeness (QED) is 0.182. The van der Waals surface area contributed by atoms with Crippen LogP contribution in [0.2, 0.25) is 0 Å². The number of fused-ring (bicyclic) bond motifs is 9. The standard InChI is InChI=1S/C52H32N4/c1-2-16-39(17-3-1)55-47-23-10-7-20-42(47)45-30-38-27-36(26-25-35(38)32-49(45)55)51-43-21-6-9-22-46(43)53-52(54-51)37-15-12-18-40(28-37)56-48-24-11-8-19-41(48)44-29-33-13-4-5-14-34(33)31-50(44)56/h1-32H. The molecule has 4 heteroatoms. The molecule has 0 aliphatic heterocycles. The van der Waals surface area contributed by atoms with Crippen LogP contribution in [0.1, 0.15) is 0 Å². The fourth-order valence-electron chi connectivity index (χ4n) is 8.86. The van der Waals surface area contributed by atoms with Crippen LogP contribution < -0.4 is 0 Å². The molecule has 56 heavy (non-hydrogen) atoms. The maximum Gasteiger partial charge on any atom is 0.160 e. The van der Waals surface area contributed by atoms with Gasteiger partial charge in [0.2, 0.25) is 0 Å². The number of aromatic nitrogens is 4. The molecule has 0 bridgehead atoms. The normalized spacial score (nSPS) is 11.9.